The highest BCUT2D eigenvalue weighted by molar-refractivity contribution is 5.99. The number of ketones is 1. The zero-order valence-electron chi connectivity index (χ0n) is 11.2. The van der Waals surface area contributed by atoms with E-state index in [1.165, 1.54) is 20.3 Å². The lowest BCUT2D eigenvalue weighted by atomic mass is 9.99. The number of hydrogen-bond donors (Lipinski definition) is 0. The molecule has 0 aromatic carbocycles. The molecular formula is C14H18O5. The molecule has 0 aliphatic heterocycles. The van der Waals surface area contributed by atoms with E-state index in [0.29, 0.717) is 43.3 Å². The zero-order chi connectivity index (χ0) is 14.3. The van der Waals surface area contributed by atoms with E-state index in [1.807, 2.05) is 0 Å². The SMILES string of the molecule is COC(=O)C1=CC(=O)CCCC(C(=O)OC)=CCC1. The number of carbonyl (C=O) groups excluding carboxylic acids is 3. The van der Waals surface area contributed by atoms with Gasteiger partial charge in [-0.05, 0) is 31.8 Å². The summed E-state index contributed by atoms with van der Waals surface area (Å²) in [6.45, 7) is 0. The first-order valence-electron chi connectivity index (χ1n) is 6.17. The summed E-state index contributed by atoms with van der Waals surface area (Å²) < 4.78 is 9.31. The van der Waals surface area contributed by atoms with E-state index in [9.17, 15) is 14.4 Å². The average Bonchev–Trinajstić information content (AvgIpc) is 2.42. The molecule has 0 spiro atoms. The Bertz CT molecular complexity index is 431. The lowest BCUT2D eigenvalue weighted by Crippen LogP contribution is -2.10. The predicted molar refractivity (Wildman–Crippen MR) is 68.3 cm³/mol. The summed E-state index contributed by atoms with van der Waals surface area (Å²) in [5.41, 5.74) is 0.899. The fourth-order valence-corrected chi connectivity index (χ4v) is 1.90. The van der Waals surface area contributed by atoms with Gasteiger partial charge in [-0.2, -0.15) is 0 Å². The van der Waals surface area contributed by atoms with Crippen molar-refractivity contribution < 1.29 is 23.9 Å². The highest BCUT2D eigenvalue weighted by atomic mass is 16.5. The van der Waals surface area contributed by atoms with Crippen LogP contribution in [0.15, 0.2) is 23.3 Å². The molecule has 104 valence electrons. The van der Waals surface area contributed by atoms with Crippen LogP contribution in [-0.4, -0.2) is 31.9 Å². The van der Waals surface area contributed by atoms with Crippen LogP contribution in [0.2, 0.25) is 0 Å². The largest absolute Gasteiger partial charge is 0.466 e. The van der Waals surface area contributed by atoms with Gasteiger partial charge in [0.2, 0.25) is 0 Å². The summed E-state index contributed by atoms with van der Waals surface area (Å²) in [5, 5.41) is 0. The molecule has 5 heteroatoms. The standard InChI is InChI=1S/C14H18O5/c1-18-13(16)10-5-3-7-11(14(17)19-2)9-12(15)8-4-6-10/h5,9H,3-4,6-8H2,1-2H3. The molecule has 0 amide bonds. The average molecular weight is 266 g/mol. The molecule has 0 unspecified atom stereocenters. The van der Waals surface area contributed by atoms with Gasteiger partial charge in [-0.1, -0.05) is 6.08 Å². The van der Waals surface area contributed by atoms with Gasteiger partial charge in [0.1, 0.15) is 0 Å². The first-order valence-corrected chi connectivity index (χ1v) is 6.17. The fourth-order valence-electron chi connectivity index (χ4n) is 1.90. The van der Waals surface area contributed by atoms with E-state index in [2.05, 4.69) is 9.47 Å². The van der Waals surface area contributed by atoms with Gasteiger partial charge in [0.15, 0.2) is 5.78 Å². The number of esters is 2. The molecule has 19 heavy (non-hydrogen) atoms. The Kier molecular flexibility index (Phi) is 5.99. The fraction of sp³-hybridized carbons (Fsp3) is 0.500. The second-order valence-electron chi connectivity index (χ2n) is 4.24. The van der Waals surface area contributed by atoms with Crippen LogP contribution < -0.4 is 0 Å². The lowest BCUT2D eigenvalue weighted by molar-refractivity contribution is -0.137. The molecular weight excluding hydrogens is 248 g/mol. The number of methoxy groups -OCH3 is 2. The third-order valence-corrected chi connectivity index (χ3v) is 2.90. The normalized spacial score (nSPS) is 17.1. The van der Waals surface area contributed by atoms with Crippen LogP contribution in [0.3, 0.4) is 0 Å². The van der Waals surface area contributed by atoms with E-state index in [4.69, 9.17) is 0 Å². The Hall–Kier alpha value is -1.91. The quantitative estimate of drug-likeness (QED) is 0.712. The van der Waals surface area contributed by atoms with Crippen molar-refractivity contribution in [1.29, 1.82) is 0 Å². The molecule has 0 aromatic heterocycles. The van der Waals surface area contributed by atoms with Gasteiger partial charge in [-0.3, -0.25) is 4.79 Å². The summed E-state index contributed by atoms with van der Waals surface area (Å²) in [6.07, 6.45) is 5.36. The molecule has 0 bridgehead atoms. The molecule has 1 aliphatic carbocycles. The van der Waals surface area contributed by atoms with E-state index in [0.717, 1.165) is 0 Å². The molecule has 0 radical (unpaired) electrons. The minimum atomic E-state index is -0.498. The van der Waals surface area contributed by atoms with E-state index < -0.39 is 5.97 Å². The Labute approximate surface area is 112 Å². The van der Waals surface area contributed by atoms with Crippen LogP contribution in [0.4, 0.5) is 0 Å². The van der Waals surface area contributed by atoms with Crippen molar-refractivity contribution in [2.45, 2.75) is 32.1 Å². The Balaban J connectivity index is 2.87. The van der Waals surface area contributed by atoms with Crippen molar-refractivity contribution in [1.82, 2.24) is 0 Å². The summed E-state index contributed by atoms with van der Waals surface area (Å²) in [6, 6.07) is 0. The van der Waals surface area contributed by atoms with Crippen LogP contribution in [-0.2, 0) is 23.9 Å². The van der Waals surface area contributed by atoms with Crippen molar-refractivity contribution in [3.8, 4) is 0 Å². The van der Waals surface area contributed by atoms with Crippen molar-refractivity contribution >= 4 is 17.7 Å². The predicted octanol–water partition coefficient (Wildman–Crippen LogP) is 1.72. The van der Waals surface area contributed by atoms with Crippen molar-refractivity contribution in [3.05, 3.63) is 23.3 Å². The van der Waals surface area contributed by atoms with Crippen LogP contribution in [0, 0.1) is 0 Å². The molecule has 0 atom stereocenters. The maximum atomic E-state index is 11.7. The molecule has 0 saturated carbocycles. The third kappa shape index (κ3) is 4.69. The molecule has 0 fully saturated rings. The van der Waals surface area contributed by atoms with Crippen molar-refractivity contribution in [2.24, 2.45) is 0 Å². The third-order valence-electron chi connectivity index (χ3n) is 2.90. The molecule has 0 heterocycles. The molecule has 1 rings (SSSR count). The second kappa shape index (κ2) is 7.51. The number of rotatable bonds is 2. The minimum Gasteiger partial charge on any atom is -0.466 e. The number of ether oxygens (including phenoxy) is 2. The zero-order valence-corrected chi connectivity index (χ0v) is 11.2. The van der Waals surface area contributed by atoms with Gasteiger partial charge in [0.05, 0.1) is 14.2 Å². The lowest BCUT2D eigenvalue weighted by Gasteiger charge is -2.09. The van der Waals surface area contributed by atoms with E-state index in [-0.39, 0.29) is 11.8 Å². The Morgan fingerprint density at radius 3 is 2.26 bits per heavy atom. The topological polar surface area (TPSA) is 69.7 Å². The van der Waals surface area contributed by atoms with Crippen molar-refractivity contribution in [3.63, 3.8) is 0 Å². The maximum Gasteiger partial charge on any atom is 0.333 e. The molecule has 1 aliphatic rings. The minimum absolute atomic E-state index is 0.119. The summed E-state index contributed by atoms with van der Waals surface area (Å²) in [7, 11) is 2.61. The number of hydrogen-bond acceptors (Lipinski definition) is 5. The van der Waals surface area contributed by atoms with Crippen LogP contribution in [0.25, 0.3) is 0 Å². The highest BCUT2D eigenvalue weighted by Gasteiger charge is 2.15. The first-order chi connectivity index (χ1) is 9.08. The monoisotopic (exact) mass is 266 g/mol. The van der Waals surface area contributed by atoms with Gasteiger partial charge >= 0.3 is 11.9 Å². The van der Waals surface area contributed by atoms with Gasteiger partial charge in [-0.25, -0.2) is 9.59 Å². The van der Waals surface area contributed by atoms with E-state index in [1.54, 1.807) is 6.08 Å². The Morgan fingerprint density at radius 1 is 1.00 bits per heavy atom. The van der Waals surface area contributed by atoms with Crippen LogP contribution >= 0.6 is 0 Å². The summed E-state index contributed by atoms with van der Waals surface area (Å²) in [5.74, 6) is -0.995. The van der Waals surface area contributed by atoms with Crippen LogP contribution in [0.1, 0.15) is 32.1 Å². The van der Waals surface area contributed by atoms with Gasteiger partial charge in [-0.15, -0.1) is 0 Å². The number of carbonyl (C=O) groups is 3. The van der Waals surface area contributed by atoms with Crippen LogP contribution in [0.5, 0.6) is 0 Å². The molecule has 0 saturated heterocycles. The number of allylic oxidation sites excluding steroid dienone is 2. The molecule has 5 nitrogen and oxygen atoms in total. The maximum absolute atomic E-state index is 11.7. The summed E-state index contributed by atoms with van der Waals surface area (Å²) in [4.78, 5) is 34.7. The smallest absolute Gasteiger partial charge is 0.333 e. The van der Waals surface area contributed by atoms with E-state index >= 15 is 0 Å². The van der Waals surface area contributed by atoms with Gasteiger partial charge in [0.25, 0.3) is 0 Å². The van der Waals surface area contributed by atoms with Gasteiger partial charge < -0.3 is 9.47 Å². The second-order valence-corrected chi connectivity index (χ2v) is 4.24. The Morgan fingerprint density at radius 2 is 1.63 bits per heavy atom. The highest BCUT2D eigenvalue weighted by Crippen LogP contribution is 2.17. The first kappa shape index (κ1) is 15.1. The molecule has 0 aromatic rings. The summed E-state index contributed by atoms with van der Waals surface area (Å²) >= 11 is 0. The van der Waals surface area contributed by atoms with Gasteiger partial charge in [0, 0.05) is 17.6 Å². The van der Waals surface area contributed by atoms with Crippen molar-refractivity contribution in [2.75, 3.05) is 14.2 Å². The molecule has 0 N–H and O–H groups in total.